The Bertz CT molecular complexity index is 588. The van der Waals surface area contributed by atoms with E-state index >= 15 is 0 Å². The monoisotopic (exact) mass is 269 g/mol. The Morgan fingerprint density at radius 3 is 2.75 bits per heavy atom. The van der Waals surface area contributed by atoms with Crippen molar-refractivity contribution in [3.05, 3.63) is 30.6 Å². The number of anilines is 2. The molecule has 3 rings (SSSR count). The second-order valence-electron chi connectivity index (χ2n) is 5.98. The van der Waals surface area contributed by atoms with Gasteiger partial charge in [0.15, 0.2) is 0 Å². The molecule has 1 aliphatic carbocycles. The van der Waals surface area contributed by atoms with Crippen molar-refractivity contribution in [1.29, 1.82) is 0 Å². The molecule has 0 atom stereocenters. The summed E-state index contributed by atoms with van der Waals surface area (Å²) in [5.41, 5.74) is 8.13. The number of nitrogen functional groups attached to an aromatic ring is 1. The SMILES string of the molecule is CN(CC1CCCCC1)c1ccc(N)c2cnccc12. The molecule has 0 amide bonds. The highest BCUT2D eigenvalue weighted by Crippen LogP contribution is 2.31. The Balaban J connectivity index is 1.87. The van der Waals surface area contributed by atoms with Gasteiger partial charge in [0.05, 0.1) is 0 Å². The normalized spacial score (nSPS) is 16.4. The molecule has 20 heavy (non-hydrogen) atoms. The number of pyridine rings is 1. The predicted octanol–water partition coefficient (Wildman–Crippen LogP) is 3.83. The summed E-state index contributed by atoms with van der Waals surface area (Å²) >= 11 is 0. The van der Waals surface area contributed by atoms with Crippen LogP contribution in [0.2, 0.25) is 0 Å². The van der Waals surface area contributed by atoms with E-state index in [-0.39, 0.29) is 0 Å². The topological polar surface area (TPSA) is 42.1 Å². The highest BCUT2D eigenvalue weighted by molar-refractivity contribution is 6.00. The molecule has 0 radical (unpaired) electrons. The lowest BCUT2D eigenvalue weighted by Crippen LogP contribution is -2.27. The van der Waals surface area contributed by atoms with Crippen molar-refractivity contribution in [3.8, 4) is 0 Å². The average Bonchev–Trinajstić information content (AvgIpc) is 2.49. The number of fused-ring (bicyclic) bond motifs is 1. The minimum atomic E-state index is 0.808. The number of aromatic nitrogens is 1. The van der Waals surface area contributed by atoms with Crippen molar-refractivity contribution in [2.75, 3.05) is 24.2 Å². The third kappa shape index (κ3) is 2.58. The van der Waals surface area contributed by atoms with E-state index in [9.17, 15) is 0 Å². The molecule has 2 N–H and O–H groups in total. The van der Waals surface area contributed by atoms with Gasteiger partial charge in [-0.15, -0.1) is 0 Å². The first-order chi connectivity index (χ1) is 9.75. The molecule has 106 valence electrons. The van der Waals surface area contributed by atoms with Crippen LogP contribution in [-0.2, 0) is 0 Å². The zero-order chi connectivity index (χ0) is 13.9. The van der Waals surface area contributed by atoms with Crippen LogP contribution in [0.25, 0.3) is 10.8 Å². The fourth-order valence-electron chi connectivity index (χ4n) is 3.38. The van der Waals surface area contributed by atoms with Gasteiger partial charge in [-0.05, 0) is 37.0 Å². The molecule has 0 bridgehead atoms. The zero-order valence-corrected chi connectivity index (χ0v) is 12.2. The molecular weight excluding hydrogens is 246 g/mol. The molecule has 2 aromatic rings. The minimum absolute atomic E-state index is 0.808. The van der Waals surface area contributed by atoms with Crippen LogP contribution in [-0.4, -0.2) is 18.6 Å². The lowest BCUT2D eigenvalue weighted by Gasteiger charge is -2.29. The molecule has 0 saturated heterocycles. The second-order valence-corrected chi connectivity index (χ2v) is 5.98. The molecule has 3 heteroatoms. The first-order valence-electron chi connectivity index (χ1n) is 7.59. The molecule has 1 fully saturated rings. The summed E-state index contributed by atoms with van der Waals surface area (Å²) in [6, 6.07) is 6.20. The molecule has 1 aliphatic rings. The standard InChI is InChI=1S/C17H23N3/c1-20(12-13-5-3-2-4-6-13)17-8-7-16(18)15-11-19-10-9-14(15)17/h7-11,13H,2-6,12,18H2,1H3. The molecule has 1 saturated carbocycles. The van der Waals surface area contributed by atoms with Crippen LogP contribution in [0, 0.1) is 5.92 Å². The summed E-state index contributed by atoms with van der Waals surface area (Å²) in [5.74, 6) is 0.836. The summed E-state index contributed by atoms with van der Waals surface area (Å²) in [7, 11) is 2.19. The lowest BCUT2D eigenvalue weighted by molar-refractivity contribution is 0.362. The molecule has 1 aromatic carbocycles. The third-order valence-corrected chi connectivity index (χ3v) is 4.50. The van der Waals surface area contributed by atoms with Gasteiger partial charge < -0.3 is 10.6 Å². The Hall–Kier alpha value is -1.77. The Morgan fingerprint density at radius 1 is 1.15 bits per heavy atom. The third-order valence-electron chi connectivity index (χ3n) is 4.50. The van der Waals surface area contributed by atoms with E-state index < -0.39 is 0 Å². The van der Waals surface area contributed by atoms with Crippen LogP contribution < -0.4 is 10.6 Å². The first kappa shape index (κ1) is 13.2. The Kier molecular flexibility index (Phi) is 3.77. The molecule has 1 heterocycles. The van der Waals surface area contributed by atoms with Gasteiger partial charge in [-0.3, -0.25) is 4.98 Å². The van der Waals surface area contributed by atoms with Crippen LogP contribution in [0.15, 0.2) is 30.6 Å². The average molecular weight is 269 g/mol. The van der Waals surface area contributed by atoms with E-state index in [1.165, 1.54) is 43.2 Å². The summed E-state index contributed by atoms with van der Waals surface area (Å²) < 4.78 is 0. The number of rotatable bonds is 3. The van der Waals surface area contributed by atoms with Crippen molar-refractivity contribution < 1.29 is 0 Å². The smallest absolute Gasteiger partial charge is 0.0446 e. The van der Waals surface area contributed by atoms with E-state index in [0.717, 1.165) is 23.5 Å². The molecule has 0 unspecified atom stereocenters. The summed E-state index contributed by atoms with van der Waals surface area (Å²) in [6.07, 6.45) is 10.7. The Labute approximate surface area is 120 Å². The summed E-state index contributed by atoms with van der Waals surface area (Å²) in [4.78, 5) is 6.58. The zero-order valence-electron chi connectivity index (χ0n) is 12.2. The number of nitrogens with two attached hydrogens (primary N) is 1. The van der Waals surface area contributed by atoms with Crippen molar-refractivity contribution in [1.82, 2.24) is 4.98 Å². The maximum Gasteiger partial charge on any atom is 0.0446 e. The van der Waals surface area contributed by atoms with Gasteiger partial charge in [0.1, 0.15) is 0 Å². The largest absolute Gasteiger partial charge is 0.398 e. The first-order valence-corrected chi connectivity index (χ1v) is 7.59. The number of nitrogens with zero attached hydrogens (tertiary/aromatic N) is 2. The van der Waals surface area contributed by atoms with Crippen LogP contribution >= 0.6 is 0 Å². The van der Waals surface area contributed by atoms with Crippen molar-refractivity contribution in [3.63, 3.8) is 0 Å². The quantitative estimate of drug-likeness (QED) is 0.861. The minimum Gasteiger partial charge on any atom is -0.398 e. The highest BCUT2D eigenvalue weighted by Gasteiger charge is 2.17. The van der Waals surface area contributed by atoms with E-state index in [0.29, 0.717) is 0 Å². The van der Waals surface area contributed by atoms with Crippen molar-refractivity contribution in [2.24, 2.45) is 5.92 Å². The molecule has 0 aliphatic heterocycles. The van der Waals surface area contributed by atoms with Crippen molar-refractivity contribution in [2.45, 2.75) is 32.1 Å². The second kappa shape index (κ2) is 5.70. The molecular formula is C17H23N3. The van der Waals surface area contributed by atoms with E-state index in [2.05, 4.69) is 29.1 Å². The summed E-state index contributed by atoms with van der Waals surface area (Å²) in [6.45, 7) is 1.14. The van der Waals surface area contributed by atoms with Gasteiger partial charge in [0.25, 0.3) is 0 Å². The predicted molar refractivity (Wildman–Crippen MR) is 86.0 cm³/mol. The van der Waals surface area contributed by atoms with Gasteiger partial charge >= 0.3 is 0 Å². The maximum atomic E-state index is 6.05. The van der Waals surface area contributed by atoms with E-state index in [1.807, 2.05) is 18.5 Å². The molecule has 0 spiro atoms. The lowest BCUT2D eigenvalue weighted by atomic mass is 9.89. The fourth-order valence-corrected chi connectivity index (χ4v) is 3.38. The number of hydrogen-bond acceptors (Lipinski definition) is 3. The number of hydrogen-bond donors (Lipinski definition) is 1. The molecule has 3 nitrogen and oxygen atoms in total. The van der Waals surface area contributed by atoms with E-state index in [1.54, 1.807) is 0 Å². The van der Waals surface area contributed by atoms with Gasteiger partial charge in [-0.2, -0.15) is 0 Å². The molecule has 1 aromatic heterocycles. The van der Waals surface area contributed by atoms with Crippen LogP contribution in [0.3, 0.4) is 0 Å². The summed E-state index contributed by atoms with van der Waals surface area (Å²) in [5, 5.41) is 2.26. The fraction of sp³-hybridized carbons (Fsp3) is 0.471. The van der Waals surface area contributed by atoms with Crippen LogP contribution in [0.5, 0.6) is 0 Å². The number of benzene rings is 1. The van der Waals surface area contributed by atoms with Gasteiger partial charge in [-0.25, -0.2) is 0 Å². The Morgan fingerprint density at radius 2 is 1.95 bits per heavy atom. The van der Waals surface area contributed by atoms with Gasteiger partial charge in [0.2, 0.25) is 0 Å². The van der Waals surface area contributed by atoms with Crippen LogP contribution in [0.4, 0.5) is 11.4 Å². The van der Waals surface area contributed by atoms with Crippen LogP contribution in [0.1, 0.15) is 32.1 Å². The van der Waals surface area contributed by atoms with Gasteiger partial charge in [-0.1, -0.05) is 19.3 Å². The maximum absolute atomic E-state index is 6.05. The highest BCUT2D eigenvalue weighted by atomic mass is 15.1. The van der Waals surface area contributed by atoms with Gasteiger partial charge in [0, 0.05) is 48.1 Å². The van der Waals surface area contributed by atoms with E-state index in [4.69, 9.17) is 5.73 Å². The van der Waals surface area contributed by atoms with Crippen molar-refractivity contribution >= 4 is 22.1 Å².